The highest BCUT2D eigenvalue weighted by atomic mass is 32.2. The van der Waals surface area contributed by atoms with Crippen molar-refractivity contribution in [1.82, 2.24) is 0 Å². The number of hydrogen-bond donors (Lipinski definition) is 0. The highest BCUT2D eigenvalue weighted by Gasteiger charge is 2.50. The van der Waals surface area contributed by atoms with Crippen molar-refractivity contribution in [2.24, 2.45) is 0 Å². The highest BCUT2D eigenvalue weighted by molar-refractivity contribution is 7.99. The molecule has 10 aromatic carbocycles. The molecule has 2 aliphatic rings. The minimum absolute atomic E-state index is 0.431. The maximum atomic E-state index is 6.97. The predicted octanol–water partition coefficient (Wildman–Crippen LogP) is 15.9. The van der Waals surface area contributed by atoms with Crippen LogP contribution in [0.2, 0.25) is 0 Å². The lowest BCUT2D eigenvalue weighted by atomic mass is 9.67. The fourth-order valence-electron chi connectivity index (χ4n) is 10.5. The Morgan fingerprint density at radius 3 is 1.87 bits per heavy atom. The molecule has 2 heterocycles. The maximum Gasteiger partial charge on any atom is 0.145 e. The van der Waals surface area contributed by atoms with Crippen molar-refractivity contribution < 1.29 is 4.42 Å². The Labute approximate surface area is 352 Å². The molecule has 280 valence electrons. The Hall–Kier alpha value is -7.33. The molecule has 13 rings (SSSR count). The van der Waals surface area contributed by atoms with Gasteiger partial charge in [0, 0.05) is 32.1 Å². The van der Waals surface area contributed by atoms with Gasteiger partial charge in [-0.25, -0.2) is 0 Å². The summed E-state index contributed by atoms with van der Waals surface area (Å²) in [4.78, 5) is 4.97. The van der Waals surface area contributed by atoms with Crippen molar-refractivity contribution >= 4 is 72.3 Å². The second-order valence-electron chi connectivity index (χ2n) is 15.9. The van der Waals surface area contributed by atoms with Crippen LogP contribution in [0.15, 0.2) is 227 Å². The monoisotopic (exact) mass is 781 g/mol. The van der Waals surface area contributed by atoms with Gasteiger partial charge in [-0.1, -0.05) is 176 Å². The number of nitrogens with zero attached hydrogens (tertiary/aromatic N) is 1. The summed E-state index contributed by atoms with van der Waals surface area (Å²) in [5.74, 6) is 0. The zero-order chi connectivity index (χ0) is 39.4. The van der Waals surface area contributed by atoms with Crippen LogP contribution in [-0.2, 0) is 5.41 Å². The quantitative estimate of drug-likeness (QED) is 0.166. The Balaban J connectivity index is 1.06. The zero-order valence-electron chi connectivity index (χ0n) is 32.5. The van der Waals surface area contributed by atoms with E-state index in [1.54, 1.807) is 0 Å². The molecule has 60 heavy (non-hydrogen) atoms. The van der Waals surface area contributed by atoms with Crippen LogP contribution in [0, 0.1) is 0 Å². The van der Waals surface area contributed by atoms with Crippen molar-refractivity contribution in [3.63, 3.8) is 0 Å². The minimum atomic E-state index is -0.431. The lowest BCUT2D eigenvalue weighted by Crippen LogP contribution is -2.32. The van der Waals surface area contributed by atoms with Crippen LogP contribution in [0.1, 0.15) is 22.3 Å². The molecule has 1 aromatic heterocycles. The largest absolute Gasteiger partial charge is 0.455 e. The third-order valence-corrected chi connectivity index (χ3v) is 14.1. The molecule has 1 aliphatic carbocycles. The standard InChI is InChI=1S/C57H35NOS/c1-2-16-37(17-3-1)58(38-30-33-50-54(35-38)60-53-28-13-11-26-49(53)57(50)47-24-9-6-19-43(47)44-20-7-10-25-48(44)57)51-34-32-45(56-55(51)46-21-8-12-27-52(46)59-56)41-23-14-22-40-39-18-5-4-15-36(39)29-31-42(40)41/h1-35H. The van der Waals surface area contributed by atoms with E-state index in [0.29, 0.717) is 0 Å². The highest BCUT2D eigenvalue weighted by Crippen LogP contribution is 2.62. The molecule has 0 atom stereocenters. The van der Waals surface area contributed by atoms with Gasteiger partial charge in [-0.3, -0.25) is 0 Å². The van der Waals surface area contributed by atoms with Gasteiger partial charge in [0.15, 0.2) is 0 Å². The van der Waals surface area contributed by atoms with Gasteiger partial charge in [0.05, 0.1) is 16.5 Å². The van der Waals surface area contributed by atoms with Crippen LogP contribution in [0.4, 0.5) is 17.1 Å². The smallest absolute Gasteiger partial charge is 0.145 e. The number of benzene rings is 10. The fraction of sp³-hybridized carbons (Fsp3) is 0.0175. The van der Waals surface area contributed by atoms with Gasteiger partial charge in [0.1, 0.15) is 11.2 Å². The second kappa shape index (κ2) is 12.8. The first-order valence-electron chi connectivity index (χ1n) is 20.6. The number of anilines is 3. The molecule has 0 fully saturated rings. The van der Waals surface area contributed by atoms with E-state index in [0.717, 1.165) is 50.1 Å². The van der Waals surface area contributed by atoms with Crippen molar-refractivity contribution in [1.29, 1.82) is 0 Å². The van der Waals surface area contributed by atoms with E-state index in [4.69, 9.17) is 4.42 Å². The average molecular weight is 782 g/mol. The number of furan rings is 1. The maximum absolute atomic E-state index is 6.97. The van der Waals surface area contributed by atoms with Crippen LogP contribution < -0.4 is 4.90 Å². The van der Waals surface area contributed by atoms with Gasteiger partial charge >= 0.3 is 0 Å². The van der Waals surface area contributed by atoms with Crippen LogP contribution in [0.5, 0.6) is 0 Å². The topological polar surface area (TPSA) is 16.4 Å². The summed E-state index contributed by atoms with van der Waals surface area (Å²) < 4.78 is 6.97. The number of para-hydroxylation sites is 2. The molecule has 1 spiro atoms. The van der Waals surface area contributed by atoms with Crippen molar-refractivity contribution in [2.75, 3.05) is 4.90 Å². The van der Waals surface area contributed by atoms with Crippen LogP contribution in [0.25, 0.3) is 65.7 Å². The third kappa shape index (κ3) is 4.61. The average Bonchev–Trinajstić information content (AvgIpc) is 3.84. The predicted molar refractivity (Wildman–Crippen MR) is 250 cm³/mol. The molecule has 0 amide bonds. The molecular weight excluding hydrogens is 747 g/mol. The molecule has 0 saturated carbocycles. The lowest BCUT2D eigenvalue weighted by Gasteiger charge is -2.40. The summed E-state index contributed by atoms with van der Waals surface area (Å²) in [6.45, 7) is 0. The SMILES string of the molecule is c1ccc(N(c2ccc3c(c2)Sc2ccccc2C32c3ccccc3-c3ccccc32)c2ccc(-c3cccc4c3ccc3ccccc34)c3oc4ccccc4c23)cc1. The molecule has 0 N–H and O–H groups in total. The Morgan fingerprint density at radius 2 is 1.03 bits per heavy atom. The fourth-order valence-corrected chi connectivity index (χ4v) is 11.7. The number of fused-ring (bicyclic) bond motifs is 15. The molecule has 2 nitrogen and oxygen atoms in total. The molecule has 0 unspecified atom stereocenters. The number of hydrogen-bond acceptors (Lipinski definition) is 3. The Bertz CT molecular complexity index is 3500. The van der Waals surface area contributed by atoms with Gasteiger partial charge < -0.3 is 9.32 Å². The van der Waals surface area contributed by atoms with Crippen molar-refractivity contribution in [3.05, 3.63) is 235 Å². The van der Waals surface area contributed by atoms with E-state index in [1.165, 1.54) is 64.7 Å². The number of rotatable bonds is 4. The summed E-state index contributed by atoms with van der Waals surface area (Å²) in [5, 5.41) is 7.13. The normalized spacial score (nSPS) is 13.4. The minimum Gasteiger partial charge on any atom is -0.455 e. The van der Waals surface area contributed by atoms with Crippen molar-refractivity contribution in [2.45, 2.75) is 15.2 Å². The zero-order valence-corrected chi connectivity index (χ0v) is 33.3. The summed E-state index contributed by atoms with van der Waals surface area (Å²) in [6, 6.07) is 77.9. The summed E-state index contributed by atoms with van der Waals surface area (Å²) in [5.41, 5.74) is 14.8. The van der Waals surface area contributed by atoms with E-state index in [1.807, 2.05) is 11.8 Å². The first-order valence-corrected chi connectivity index (χ1v) is 21.4. The molecule has 11 aromatic rings. The molecule has 3 heteroatoms. The summed E-state index contributed by atoms with van der Waals surface area (Å²) >= 11 is 1.88. The van der Waals surface area contributed by atoms with Crippen molar-refractivity contribution in [3.8, 4) is 22.3 Å². The Morgan fingerprint density at radius 1 is 0.383 bits per heavy atom. The van der Waals surface area contributed by atoms with E-state index in [-0.39, 0.29) is 0 Å². The Kier molecular flexibility index (Phi) is 7.19. The summed E-state index contributed by atoms with van der Waals surface area (Å²) in [7, 11) is 0. The van der Waals surface area contributed by atoms with E-state index in [2.05, 4.69) is 217 Å². The molecular formula is C57H35NOS. The molecule has 0 saturated heterocycles. The van der Waals surface area contributed by atoms with Crippen LogP contribution in [0.3, 0.4) is 0 Å². The van der Waals surface area contributed by atoms with E-state index < -0.39 is 5.41 Å². The van der Waals surface area contributed by atoms with E-state index in [9.17, 15) is 0 Å². The molecule has 1 aliphatic heterocycles. The van der Waals surface area contributed by atoms with Crippen LogP contribution >= 0.6 is 11.8 Å². The van der Waals surface area contributed by atoms with E-state index >= 15 is 0 Å². The molecule has 0 radical (unpaired) electrons. The molecule has 0 bridgehead atoms. The first kappa shape index (κ1) is 33.6. The summed E-state index contributed by atoms with van der Waals surface area (Å²) in [6.07, 6.45) is 0. The van der Waals surface area contributed by atoms with Gasteiger partial charge in [-0.05, 0) is 109 Å². The lowest BCUT2D eigenvalue weighted by molar-refractivity contribution is 0.670. The van der Waals surface area contributed by atoms with Gasteiger partial charge in [-0.15, -0.1) is 0 Å². The van der Waals surface area contributed by atoms with Crippen LogP contribution in [-0.4, -0.2) is 0 Å². The van der Waals surface area contributed by atoms with Gasteiger partial charge in [0.2, 0.25) is 0 Å². The third-order valence-electron chi connectivity index (χ3n) is 12.9. The van der Waals surface area contributed by atoms with Gasteiger partial charge in [0.25, 0.3) is 0 Å². The van der Waals surface area contributed by atoms with Gasteiger partial charge in [-0.2, -0.15) is 0 Å². The first-order chi connectivity index (χ1) is 29.8. The second-order valence-corrected chi connectivity index (χ2v) is 17.0.